The lowest BCUT2D eigenvalue weighted by Gasteiger charge is -2.34. The standard InChI is InChI=1S/C12H22ClIN4/c1-6-11(13)16-10(4)12(17(5)14)18(8-15)7-9(2)3/h6,8-9,12,15H,7H2,1-5H3/b11-6-,15-8?,16-10+. The lowest BCUT2D eigenvalue weighted by molar-refractivity contribution is 0.264. The van der Waals surface area contributed by atoms with Crippen LogP contribution < -0.4 is 0 Å². The van der Waals surface area contributed by atoms with E-state index in [0.717, 1.165) is 12.3 Å². The molecule has 0 aliphatic heterocycles. The van der Waals surface area contributed by atoms with Crippen molar-refractivity contribution >= 4 is 46.5 Å². The van der Waals surface area contributed by atoms with Gasteiger partial charge in [0.2, 0.25) is 0 Å². The Morgan fingerprint density at radius 3 is 2.39 bits per heavy atom. The van der Waals surface area contributed by atoms with E-state index in [1.165, 1.54) is 6.34 Å². The van der Waals surface area contributed by atoms with Crippen LogP contribution in [0.4, 0.5) is 0 Å². The van der Waals surface area contributed by atoms with Crippen LogP contribution in [0.2, 0.25) is 0 Å². The van der Waals surface area contributed by atoms with Crippen LogP contribution >= 0.6 is 34.5 Å². The third-order valence-corrected chi connectivity index (χ3v) is 3.12. The van der Waals surface area contributed by atoms with Gasteiger partial charge in [0, 0.05) is 29.4 Å². The molecule has 0 radical (unpaired) electrons. The number of allylic oxidation sites excluding steroid dienone is 1. The summed E-state index contributed by atoms with van der Waals surface area (Å²) in [6, 6.07) is 0. The number of nitrogens with one attached hydrogen (secondary N) is 1. The SMILES string of the molecule is C/C=C(Cl)\N=C(/C)C(N(C)I)N(C=N)CC(C)C. The van der Waals surface area contributed by atoms with Crippen LogP contribution in [0.5, 0.6) is 0 Å². The van der Waals surface area contributed by atoms with Gasteiger partial charge in [0.05, 0.1) is 12.1 Å². The number of nitrogens with zero attached hydrogens (tertiary/aromatic N) is 3. The lowest BCUT2D eigenvalue weighted by Crippen LogP contribution is -2.48. The highest BCUT2D eigenvalue weighted by molar-refractivity contribution is 14.1. The third kappa shape index (κ3) is 6.15. The predicted octanol–water partition coefficient (Wildman–Crippen LogP) is 3.72. The molecule has 0 aromatic carbocycles. The van der Waals surface area contributed by atoms with Gasteiger partial charge in [0.15, 0.2) is 0 Å². The predicted molar refractivity (Wildman–Crippen MR) is 88.6 cm³/mol. The Balaban J connectivity index is 5.16. The topological polar surface area (TPSA) is 42.7 Å². The van der Waals surface area contributed by atoms with Crippen molar-refractivity contribution in [2.45, 2.75) is 33.9 Å². The minimum Gasteiger partial charge on any atom is -0.341 e. The minimum atomic E-state index is -0.0563. The zero-order chi connectivity index (χ0) is 14.3. The maximum absolute atomic E-state index is 7.57. The molecule has 0 bridgehead atoms. The summed E-state index contributed by atoms with van der Waals surface area (Å²) in [6.07, 6.45) is 3.06. The van der Waals surface area contributed by atoms with Gasteiger partial charge in [-0.25, -0.2) is 8.11 Å². The highest BCUT2D eigenvalue weighted by Gasteiger charge is 2.23. The average Bonchev–Trinajstić information content (AvgIpc) is 2.26. The van der Waals surface area contributed by atoms with E-state index >= 15 is 0 Å². The van der Waals surface area contributed by atoms with Gasteiger partial charge in [0.25, 0.3) is 0 Å². The Morgan fingerprint density at radius 2 is 2.06 bits per heavy atom. The van der Waals surface area contributed by atoms with E-state index < -0.39 is 0 Å². The summed E-state index contributed by atoms with van der Waals surface area (Å²) in [5, 5.41) is 8.04. The summed E-state index contributed by atoms with van der Waals surface area (Å²) in [6.45, 7) is 8.85. The van der Waals surface area contributed by atoms with Crippen molar-refractivity contribution < 1.29 is 0 Å². The molecule has 6 heteroatoms. The molecule has 0 aliphatic rings. The minimum absolute atomic E-state index is 0.0563. The Hall–Kier alpha value is -0.140. The second-order valence-electron chi connectivity index (χ2n) is 4.48. The van der Waals surface area contributed by atoms with Gasteiger partial charge in [-0.1, -0.05) is 31.5 Å². The van der Waals surface area contributed by atoms with Crippen LogP contribution in [-0.4, -0.2) is 39.8 Å². The van der Waals surface area contributed by atoms with Crippen molar-refractivity contribution in [2.24, 2.45) is 10.9 Å². The molecule has 0 spiro atoms. The fourth-order valence-corrected chi connectivity index (χ4v) is 2.49. The lowest BCUT2D eigenvalue weighted by atomic mass is 10.2. The maximum atomic E-state index is 7.57. The molecule has 0 fully saturated rings. The Morgan fingerprint density at radius 1 is 1.50 bits per heavy atom. The molecule has 0 aromatic heterocycles. The smallest absolute Gasteiger partial charge is 0.130 e. The molecule has 0 amide bonds. The van der Waals surface area contributed by atoms with Crippen molar-refractivity contribution in [1.29, 1.82) is 5.41 Å². The van der Waals surface area contributed by atoms with E-state index in [1.54, 1.807) is 6.08 Å². The van der Waals surface area contributed by atoms with Gasteiger partial charge in [-0.3, -0.25) is 5.41 Å². The third-order valence-electron chi connectivity index (χ3n) is 2.29. The molecule has 0 aromatic rings. The first kappa shape index (κ1) is 17.9. The van der Waals surface area contributed by atoms with Crippen LogP contribution in [0.25, 0.3) is 0 Å². The van der Waals surface area contributed by atoms with E-state index in [9.17, 15) is 0 Å². The summed E-state index contributed by atoms with van der Waals surface area (Å²) >= 11 is 8.15. The van der Waals surface area contributed by atoms with E-state index in [2.05, 4.69) is 41.7 Å². The molecule has 0 saturated heterocycles. The first-order chi connectivity index (χ1) is 8.33. The molecular formula is C12H22ClIN4. The molecule has 18 heavy (non-hydrogen) atoms. The van der Waals surface area contributed by atoms with Crippen LogP contribution in [0.15, 0.2) is 16.2 Å². The molecule has 1 N–H and O–H groups in total. The number of aliphatic imine (C=N–C) groups is 1. The monoisotopic (exact) mass is 384 g/mol. The van der Waals surface area contributed by atoms with Crippen LogP contribution in [-0.2, 0) is 0 Å². The molecule has 0 aliphatic carbocycles. The number of halogens is 2. The van der Waals surface area contributed by atoms with E-state index in [0.29, 0.717) is 11.1 Å². The number of rotatable bonds is 7. The summed E-state index contributed by atoms with van der Waals surface area (Å²) < 4.78 is 2.00. The molecule has 104 valence electrons. The quantitative estimate of drug-likeness (QED) is 0.181. The fraction of sp³-hybridized carbons (Fsp3) is 0.667. The van der Waals surface area contributed by atoms with Crippen LogP contribution in [0, 0.1) is 11.3 Å². The van der Waals surface area contributed by atoms with Gasteiger partial charge in [-0.2, -0.15) is 0 Å². The first-order valence-electron chi connectivity index (χ1n) is 5.85. The summed E-state index contributed by atoms with van der Waals surface area (Å²) in [4.78, 5) is 6.30. The van der Waals surface area contributed by atoms with Crippen molar-refractivity contribution in [3.8, 4) is 0 Å². The van der Waals surface area contributed by atoms with Crippen molar-refractivity contribution in [1.82, 2.24) is 8.01 Å². The van der Waals surface area contributed by atoms with E-state index in [1.807, 2.05) is 28.9 Å². The van der Waals surface area contributed by atoms with Gasteiger partial charge in [-0.15, -0.1) is 0 Å². The van der Waals surface area contributed by atoms with Gasteiger partial charge >= 0.3 is 0 Å². The van der Waals surface area contributed by atoms with Crippen molar-refractivity contribution in [2.75, 3.05) is 13.6 Å². The Labute approximate surface area is 129 Å². The highest BCUT2D eigenvalue weighted by Crippen LogP contribution is 2.14. The molecule has 1 atom stereocenters. The van der Waals surface area contributed by atoms with Crippen molar-refractivity contribution in [3.63, 3.8) is 0 Å². The van der Waals surface area contributed by atoms with Gasteiger partial charge in [-0.05, 0) is 26.8 Å². The maximum Gasteiger partial charge on any atom is 0.130 e. The van der Waals surface area contributed by atoms with Crippen LogP contribution in [0.1, 0.15) is 27.7 Å². The zero-order valence-corrected chi connectivity index (χ0v) is 14.5. The molecule has 4 nitrogen and oxygen atoms in total. The molecule has 0 rings (SSSR count). The summed E-state index contributed by atoms with van der Waals surface area (Å²) in [7, 11) is 1.96. The average molecular weight is 385 g/mol. The fourth-order valence-electron chi connectivity index (χ4n) is 1.64. The Kier molecular flexibility index (Phi) is 8.81. The summed E-state index contributed by atoms with van der Waals surface area (Å²) in [5.74, 6) is 0.482. The molecule has 0 saturated carbocycles. The molecular weight excluding hydrogens is 363 g/mol. The largest absolute Gasteiger partial charge is 0.341 e. The van der Waals surface area contributed by atoms with Gasteiger partial charge in [0.1, 0.15) is 11.3 Å². The molecule has 0 heterocycles. The highest BCUT2D eigenvalue weighted by atomic mass is 127. The summed E-state index contributed by atoms with van der Waals surface area (Å²) in [5.41, 5.74) is 0.874. The van der Waals surface area contributed by atoms with E-state index in [4.69, 9.17) is 17.0 Å². The van der Waals surface area contributed by atoms with Crippen LogP contribution in [0.3, 0.4) is 0 Å². The zero-order valence-electron chi connectivity index (χ0n) is 11.6. The first-order valence-corrected chi connectivity index (χ1v) is 7.19. The Bertz CT molecular complexity index is 326. The molecule has 1 unspecified atom stereocenters. The van der Waals surface area contributed by atoms with Gasteiger partial charge < -0.3 is 4.90 Å². The van der Waals surface area contributed by atoms with Crippen molar-refractivity contribution in [3.05, 3.63) is 11.2 Å². The second-order valence-corrected chi connectivity index (χ2v) is 6.39. The second kappa shape index (κ2) is 8.87. The number of hydrogen-bond donors (Lipinski definition) is 1. The van der Waals surface area contributed by atoms with E-state index in [-0.39, 0.29) is 6.17 Å². The normalized spacial score (nSPS) is 15.2. The number of hydrogen-bond acceptors (Lipinski definition) is 3.